The van der Waals surface area contributed by atoms with E-state index in [0.29, 0.717) is 23.6 Å². The van der Waals surface area contributed by atoms with E-state index in [4.69, 9.17) is 4.52 Å². The smallest absolute Gasteiger partial charge is 0.261 e. The van der Waals surface area contributed by atoms with E-state index in [1.54, 1.807) is 13.8 Å². The van der Waals surface area contributed by atoms with Crippen LogP contribution in [0.5, 0.6) is 0 Å². The van der Waals surface area contributed by atoms with Gasteiger partial charge in [0, 0.05) is 12.2 Å². The standard InChI is InChI=1S/C15H19N3O2.ClH/c1-4-16-9-12-7-5-6-8-13(12)17-15(19)14-10(2)18-20-11(14)3;/h5-8,16H,4,9H2,1-3H3,(H,17,19);1H. The molecule has 114 valence electrons. The molecule has 2 N–H and O–H groups in total. The molecule has 0 radical (unpaired) electrons. The summed E-state index contributed by atoms with van der Waals surface area (Å²) >= 11 is 0. The fourth-order valence-corrected chi connectivity index (χ4v) is 2.05. The van der Waals surface area contributed by atoms with E-state index >= 15 is 0 Å². The molecular formula is C15H20ClN3O2. The predicted octanol–water partition coefficient (Wildman–Crippen LogP) is 3.08. The summed E-state index contributed by atoms with van der Waals surface area (Å²) in [5, 5.41) is 9.98. The van der Waals surface area contributed by atoms with Crippen LogP contribution < -0.4 is 10.6 Å². The number of carbonyl (C=O) groups is 1. The molecule has 1 aromatic carbocycles. The molecule has 0 saturated heterocycles. The van der Waals surface area contributed by atoms with Gasteiger partial charge in [0.25, 0.3) is 5.91 Å². The summed E-state index contributed by atoms with van der Waals surface area (Å²) in [6, 6.07) is 7.74. The van der Waals surface area contributed by atoms with E-state index in [1.807, 2.05) is 31.2 Å². The highest BCUT2D eigenvalue weighted by atomic mass is 35.5. The molecule has 5 nitrogen and oxygen atoms in total. The highest BCUT2D eigenvalue weighted by Gasteiger charge is 2.18. The summed E-state index contributed by atoms with van der Waals surface area (Å²) in [6.07, 6.45) is 0. The van der Waals surface area contributed by atoms with Crippen LogP contribution >= 0.6 is 12.4 Å². The van der Waals surface area contributed by atoms with Gasteiger partial charge < -0.3 is 15.2 Å². The van der Waals surface area contributed by atoms with Crippen molar-refractivity contribution in [2.24, 2.45) is 0 Å². The monoisotopic (exact) mass is 309 g/mol. The van der Waals surface area contributed by atoms with E-state index in [2.05, 4.69) is 15.8 Å². The Kier molecular flexibility index (Phi) is 6.39. The van der Waals surface area contributed by atoms with Crippen LogP contribution in [-0.2, 0) is 6.54 Å². The van der Waals surface area contributed by atoms with Crippen molar-refractivity contribution in [3.63, 3.8) is 0 Å². The third-order valence-electron chi connectivity index (χ3n) is 3.09. The van der Waals surface area contributed by atoms with Crippen LogP contribution in [0.15, 0.2) is 28.8 Å². The molecule has 0 aliphatic carbocycles. The SMILES string of the molecule is CCNCc1ccccc1NC(=O)c1c(C)noc1C.Cl. The Labute approximate surface area is 130 Å². The summed E-state index contributed by atoms with van der Waals surface area (Å²) < 4.78 is 5.03. The number of rotatable bonds is 5. The van der Waals surface area contributed by atoms with Gasteiger partial charge in [-0.05, 0) is 32.0 Å². The third-order valence-corrected chi connectivity index (χ3v) is 3.09. The van der Waals surface area contributed by atoms with Crippen molar-refractivity contribution < 1.29 is 9.32 Å². The Bertz CT molecular complexity index is 591. The van der Waals surface area contributed by atoms with Gasteiger partial charge >= 0.3 is 0 Å². The van der Waals surface area contributed by atoms with Crippen molar-refractivity contribution in [3.8, 4) is 0 Å². The zero-order valence-electron chi connectivity index (χ0n) is 12.4. The second-order valence-corrected chi connectivity index (χ2v) is 4.59. The molecule has 2 aromatic rings. The fourth-order valence-electron chi connectivity index (χ4n) is 2.05. The fraction of sp³-hybridized carbons (Fsp3) is 0.333. The van der Waals surface area contributed by atoms with Crippen molar-refractivity contribution in [1.82, 2.24) is 10.5 Å². The minimum atomic E-state index is -0.190. The van der Waals surface area contributed by atoms with Crippen molar-refractivity contribution in [2.45, 2.75) is 27.3 Å². The van der Waals surface area contributed by atoms with Crippen LogP contribution in [-0.4, -0.2) is 17.6 Å². The highest BCUT2D eigenvalue weighted by molar-refractivity contribution is 6.06. The Morgan fingerprint density at radius 1 is 1.29 bits per heavy atom. The first kappa shape index (κ1) is 17.2. The maximum absolute atomic E-state index is 12.3. The van der Waals surface area contributed by atoms with E-state index in [9.17, 15) is 4.79 Å². The molecule has 6 heteroatoms. The number of aryl methyl sites for hydroxylation is 2. The second kappa shape index (κ2) is 7.81. The van der Waals surface area contributed by atoms with Gasteiger partial charge in [0.15, 0.2) is 0 Å². The lowest BCUT2D eigenvalue weighted by Gasteiger charge is -2.11. The van der Waals surface area contributed by atoms with Crippen molar-refractivity contribution >= 4 is 24.0 Å². The minimum absolute atomic E-state index is 0. The number of aromatic nitrogens is 1. The predicted molar refractivity (Wildman–Crippen MR) is 85.0 cm³/mol. The van der Waals surface area contributed by atoms with Gasteiger partial charge in [-0.2, -0.15) is 0 Å². The largest absolute Gasteiger partial charge is 0.361 e. The zero-order valence-corrected chi connectivity index (χ0v) is 13.2. The first-order valence-electron chi connectivity index (χ1n) is 6.66. The maximum atomic E-state index is 12.3. The Morgan fingerprint density at radius 3 is 2.62 bits per heavy atom. The number of amides is 1. The van der Waals surface area contributed by atoms with Gasteiger partial charge in [-0.1, -0.05) is 30.3 Å². The van der Waals surface area contributed by atoms with E-state index in [-0.39, 0.29) is 18.3 Å². The van der Waals surface area contributed by atoms with Gasteiger partial charge in [-0.25, -0.2) is 0 Å². The minimum Gasteiger partial charge on any atom is -0.361 e. The molecule has 0 bridgehead atoms. The molecular weight excluding hydrogens is 290 g/mol. The maximum Gasteiger partial charge on any atom is 0.261 e. The number of hydrogen-bond donors (Lipinski definition) is 2. The first-order valence-corrected chi connectivity index (χ1v) is 6.66. The van der Waals surface area contributed by atoms with Crippen LogP contribution in [0, 0.1) is 13.8 Å². The Morgan fingerprint density at radius 2 is 2.00 bits per heavy atom. The van der Waals surface area contributed by atoms with Crippen LogP contribution in [0.25, 0.3) is 0 Å². The lowest BCUT2D eigenvalue weighted by molar-refractivity contribution is 0.102. The number of nitrogens with zero attached hydrogens (tertiary/aromatic N) is 1. The third kappa shape index (κ3) is 4.06. The molecule has 0 unspecified atom stereocenters. The quantitative estimate of drug-likeness (QED) is 0.890. The summed E-state index contributed by atoms with van der Waals surface area (Å²) in [5.41, 5.74) is 2.96. The van der Waals surface area contributed by atoms with Gasteiger partial charge in [-0.15, -0.1) is 12.4 Å². The summed E-state index contributed by atoms with van der Waals surface area (Å²) in [4.78, 5) is 12.3. The number of halogens is 1. The van der Waals surface area contributed by atoms with Gasteiger partial charge in [0.2, 0.25) is 0 Å². The molecule has 0 aliphatic heterocycles. The molecule has 0 atom stereocenters. The van der Waals surface area contributed by atoms with Crippen molar-refractivity contribution in [1.29, 1.82) is 0 Å². The molecule has 1 amide bonds. The van der Waals surface area contributed by atoms with Gasteiger partial charge in [-0.3, -0.25) is 4.79 Å². The Balaban J connectivity index is 0.00000220. The Hall–Kier alpha value is -1.85. The number of benzene rings is 1. The normalized spacial score (nSPS) is 10.0. The van der Waals surface area contributed by atoms with E-state index < -0.39 is 0 Å². The molecule has 1 aromatic heterocycles. The summed E-state index contributed by atoms with van der Waals surface area (Å²) in [6.45, 7) is 7.14. The number of para-hydroxylation sites is 1. The highest BCUT2D eigenvalue weighted by Crippen LogP contribution is 2.18. The van der Waals surface area contributed by atoms with Crippen molar-refractivity contribution in [3.05, 3.63) is 46.8 Å². The lowest BCUT2D eigenvalue weighted by Crippen LogP contribution is -2.17. The summed E-state index contributed by atoms with van der Waals surface area (Å²) in [7, 11) is 0. The van der Waals surface area contributed by atoms with E-state index in [1.165, 1.54) is 0 Å². The average molecular weight is 310 g/mol. The molecule has 0 aliphatic rings. The second-order valence-electron chi connectivity index (χ2n) is 4.59. The average Bonchev–Trinajstić information content (AvgIpc) is 2.77. The molecule has 21 heavy (non-hydrogen) atoms. The van der Waals surface area contributed by atoms with Gasteiger partial charge in [0.1, 0.15) is 11.3 Å². The van der Waals surface area contributed by atoms with Crippen LogP contribution in [0.3, 0.4) is 0 Å². The number of nitrogens with one attached hydrogen (secondary N) is 2. The van der Waals surface area contributed by atoms with Gasteiger partial charge in [0.05, 0.1) is 5.69 Å². The molecule has 1 heterocycles. The van der Waals surface area contributed by atoms with E-state index in [0.717, 1.165) is 17.8 Å². The van der Waals surface area contributed by atoms with Crippen LogP contribution in [0.1, 0.15) is 34.3 Å². The lowest BCUT2D eigenvalue weighted by atomic mass is 10.1. The summed E-state index contributed by atoms with van der Waals surface area (Å²) in [5.74, 6) is 0.342. The van der Waals surface area contributed by atoms with Crippen LogP contribution in [0.4, 0.5) is 5.69 Å². The number of carbonyl (C=O) groups excluding carboxylic acids is 1. The molecule has 0 fully saturated rings. The molecule has 0 spiro atoms. The molecule has 0 saturated carbocycles. The topological polar surface area (TPSA) is 67.2 Å². The number of anilines is 1. The zero-order chi connectivity index (χ0) is 14.5. The molecule has 2 rings (SSSR count). The number of hydrogen-bond acceptors (Lipinski definition) is 4. The first-order chi connectivity index (χ1) is 9.63. The van der Waals surface area contributed by atoms with Crippen molar-refractivity contribution in [2.75, 3.05) is 11.9 Å². The van der Waals surface area contributed by atoms with Crippen LogP contribution in [0.2, 0.25) is 0 Å².